The lowest BCUT2D eigenvalue weighted by Crippen LogP contribution is -2.34. The second-order valence-electron chi connectivity index (χ2n) is 7.98. The van der Waals surface area contributed by atoms with Crippen LogP contribution in [0.25, 0.3) is 0 Å². The third-order valence-corrected chi connectivity index (χ3v) is 6.20. The molecule has 1 amide bonds. The molecule has 6 nitrogen and oxygen atoms in total. The standard InChI is InChI=1S/C22H31N5O/c1-23-22(28)20-10-9-18(25(20)2)19-7-3-4-14-27(19)16-17-8-11-21(24-15-17)26-12-5-6-13-26/h8-11,15,19H,3-7,12-14,16H2,1-2H3,(H,23,28)/t19-/m1/s1. The SMILES string of the molecule is CNC(=O)c1ccc([C@H]2CCCCN2Cc2ccc(N3CCCC3)nc2)n1C. The van der Waals surface area contributed by atoms with Crippen molar-refractivity contribution in [1.29, 1.82) is 0 Å². The van der Waals surface area contributed by atoms with Crippen LogP contribution in [0.4, 0.5) is 5.82 Å². The van der Waals surface area contributed by atoms with Gasteiger partial charge in [-0.15, -0.1) is 0 Å². The zero-order valence-electron chi connectivity index (χ0n) is 17.0. The highest BCUT2D eigenvalue weighted by Gasteiger charge is 2.27. The van der Waals surface area contributed by atoms with Crippen LogP contribution in [0.3, 0.4) is 0 Å². The summed E-state index contributed by atoms with van der Waals surface area (Å²) < 4.78 is 2.05. The van der Waals surface area contributed by atoms with Gasteiger partial charge in [0.2, 0.25) is 0 Å². The molecule has 2 saturated heterocycles. The molecule has 2 aliphatic rings. The van der Waals surface area contributed by atoms with Crippen LogP contribution in [0, 0.1) is 0 Å². The number of rotatable bonds is 5. The first-order valence-corrected chi connectivity index (χ1v) is 10.5. The minimum absolute atomic E-state index is 0.0298. The van der Waals surface area contributed by atoms with E-state index in [9.17, 15) is 4.79 Å². The van der Waals surface area contributed by atoms with E-state index in [1.807, 2.05) is 19.3 Å². The second kappa shape index (κ2) is 8.35. The quantitative estimate of drug-likeness (QED) is 0.865. The average molecular weight is 382 g/mol. The molecule has 2 aliphatic heterocycles. The molecule has 0 unspecified atom stereocenters. The van der Waals surface area contributed by atoms with E-state index < -0.39 is 0 Å². The number of pyridine rings is 1. The average Bonchev–Trinajstić information content (AvgIpc) is 3.39. The molecule has 0 spiro atoms. The van der Waals surface area contributed by atoms with Crippen molar-refractivity contribution in [1.82, 2.24) is 19.8 Å². The summed E-state index contributed by atoms with van der Waals surface area (Å²) in [7, 11) is 3.68. The van der Waals surface area contributed by atoms with Gasteiger partial charge in [0, 0.05) is 45.6 Å². The number of hydrogen-bond donors (Lipinski definition) is 1. The highest BCUT2D eigenvalue weighted by Crippen LogP contribution is 2.33. The number of nitrogens with zero attached hydrogens (tertiary/aromatic N) is 4. The molecule has 0 bridgehead atoms. The van der Waals surface area contributed by atoms with Gasteiger partial charge >= 0.3 is 0 Å². The Hall–Kier alpha value is -2.34. The number of amides is 1. The summed E-state index contributed by atoms with van der Waals surface area (Å²) >= 11 is 0. The van der Waals surface area contributed by atoms with Crippen LogP contribution in [0.5, 0.6) is 0 Å². The molecule has 2 fully saturated rings. The molecular weight excluding hydrogens is 350 g/mol. The number of carbonyl (C=O) groups excluding carboxylic acids is 1. The molecule has 4 rings (SSSR count). The highest BCUT2D eigenvalue weighted by molar-refractivity contribution is 5.92. The largest absolute Gasteiger partial charge is 0.357 e. The monoisotopic (exact) mass is 381 g/mol. The van der Waals surface area contributed by atoms with Gasteiger partial charge in [-0.25, -0.2) is 4.98 Å². The number of likely N-dealkylation sites (tertiary alicyclic amines) is 1. The van der Waals surface area contributed by atoms with Crippen LogP contribution in [0.1, 0.15) is 59.9 Å². The van der Waals surface area contributed by atoms with E-state index in [1.165, 1.54) is 36.9 Å². The molecule has 150 valence electrons. The number of carbonyl (C=O) groups is 1. The fraction of sp³-hybridized carbons (Fsp3) is 0.545. The van der Waals surface area contributed by atoms with Crippen LogP contribution in [0.15, 0.2) is 30.5 Å². The fourth-order valence-corrected chi connectivity index (χ4v) is 4.61. The predicted molar refractivity (Wildman–Crippen MR) is 111 cm³/mol. The summed E-state index contributed by atoms with van der Waals surface area (Å²) in [5, 5.41) is 2.73. The topological polar surface area (TPSA) is 53.4 Å². The normalized spacial score (nSPS) is 20.5. The first-order valence-electron chi connectivity index (χ1n) is 10.5. The molecule has 1 N–H and O–H groups in total. The Morgan fingerprint density at radius 2 is 1.89 bits per heavy atom. The Balaban J connectivity index is 1.50. The van der Waals surface area contributed by atoms with E-state index in [0.717, 1.165) is 44.1 Å². The maximum absolute atomic E-state index is 12.1. The number of piperidine rings is 1. The fourth-order valence-electron chi connectivity index (χ4n) is 4.61. The second-order valence-corrected chi connectivity index (χ2v) is 7.98. The van der Waals surface area contributed by atoms with Crippen molar-refractivity contribution in [2.45, 2.75) is 44.7 Å². The molecule has 0 aliphatic carbocycles. The summed E-state index contributed by atoms with van der Waals surface area (Å²) in [6, 6.07) is 8.80. The van der Waals surface area contributed by atoms with Crippen molar-refractivity contribution < 1.29 is 4.79 Å². The smallest absolute Gasteiger partial charge is 0.267 e. The van der Waals surface area contributed by atoms with Gasteiger partial charge in [-0.2, -0.15) is 0 Å². The van der Waals surface area contributed by atoms with Gasteiger partial charge in [-0.3, -0.25) is 9.69 Å². The Bertz CT molecular complexity index is 807. The molecular formula is C22H31N5O. The first-order chi connectivity index (χ1) is 13.7. The molecule has 2 aromatic rings. The van der Waals surface area contributed by atoms with Crippen molar-refractivity contribution in [3.63, 3.8) is 0 Å². The van der Waals surface area contributed by atoms with Crippen molar-refractivity contribution >= 4 is 11.7 Å². The molecule has 0 aromatic carbocycles. The molecule has 0 saturated carbocycles. The van der Waals surface area contributed by atoms with E-state index in [-0.39, 0.29) is 5.91 Å². The lowest BCUT2D eigenvalue weighted by atomic mass is 9.98. The van der Waals surface area contributed by atoms with Crippen LogP contribution in [-0.4, -0.2) is 47.0 Å². The molecule has 0 radical (unpaired) electrons. The van der Waals surface area contributed by atoms with Crippen LogP contribution < -0.4 is 10.2 Å². The van der Waals surface area contributed by atoms with Gasteiger partial charge in [0.15, 0.2) is 0 Å². The van der Waals surface area contributed by atoms with Crippen LogP contribution in [0.2, 0.25) is 0 Å². The van der Waals surface area contributed by atoms with Gasteiger partial charge in [-0.1, -0.05) is 12.5 Å². The van der Waals surface area contributed by atoms with Gasteiger partial charge in [0.1, 0.15) is 11.5 Å². The van der Waals surface area contributed by atoms with E-state index >= 15 is 0 Å². The minimum Gasteiger partial charge on any atom is -0.357 e. The number of hydrogen-bond acceptors (Lipinski definition) is 4. The van der Waals surface area contributed by atoms with Crippen LogP contribution >= 0.6 is 0 Å². The molecule has 2 aromatic heterocycles. The summed E-state index contributed by atoms with van der Waals surface area (Å²) in [4.78, 5) is 21.7. The number of nitrogens with one attached hydrogen (secondary N) is 1. The minimum atomic E-state index is -0.0298. The van der Waals surface area contributed by atoms with Gasteiger partial charge in [-0.05, 0) is 56.0 Å². The Labute approximate surface area is 167 Å². The van der Waals surface area contributed by atoms with E-state index in [4.69, 9.17) is 4.98 Å². The molecule has 4 heterocycles. The summed E-state index contributed by atoms with van der Waals surface area (Å²) in [6.07, 6.45) is 8.17. The van der Waals surface area contributed by atoms with Crippen molar-refractivity contribution in [3.8, 4) is 0 Å². The van der Waals surface area contributed by atoms with Crippen LogP contribution in [-0.2, 0) is 13.6 Å². The summed E-state index contributed by atoms with van der Waals surface area (Å²) in [5.41, 5.74) is 3.20. The Morgan fingerprint density at radius 1 is 1.11 bits per heavy atom. The van der Waals surface area contributed by atoms with Crippen molar-refractivity contribution in [2.75, 3.05) is 31.6 Å². The zero-order chi connectivity index (χ0) is 19.5. The molecule has 28 heavy (non-hydrogen) atoms. The predicted octanol–water partition coefficient (Wildman–Crippen LogP) is 3.11. The van der Waals surface area contributed by atoms with Crippen molar-refractivity contribution in [3.05, 3.63) is 47.4 Å². The third kappa shape index (κ3) is 3.78. The van der Waals surface area contributed by atoms with Gasteiger partial charge < -0.3 is 14.8 Å². The lowest BCUT2D eigenvalue weighted by molar-refractivity contribution is 0.0952. The first kappa shape index (κ1) is 19.0. The maximum atomic E-state index is 12.1. The Kier molecular flexibility index (Phi) is 5.67. The highest BCUT2D eigenvalue weighted by atomic mass is 16.1. The number of anilines is 1. The summed E-state index contributed by atoms with van der Waals surface area (Å²) in [6.45, 7) is 4.24. The van der Waals surface area contributed by atoms with Gasteiger partial charge in [0.25, 0.3) is 5.91 Å². The van der Waals surface area contributed by atoms with Gasteiger partial charge in [0.05, 0.1) is 6.04 Å². The summed E-state index contributed by atoms with van der Waals surface area (Å²) in [5.74, 6) is 1.08. The maximum Gasteiger partial charge on any atom is 0.267 e. The number of aromatic nitrogens is 2. The van der Waals surface area contributed by atoms with E-state index in [0.29, 0.717) is 6.04 Å². The molecule has 6 heteroatoms. The Morgan fingerprint density at radius 3 is 2.61 bits per heavy atom. The lowest BCUT2D eigenvalue weighted by Gasteiger charge is -2.36. The molecule has 1 atom stereocenters. The zero-order valence-corrected chi connectivity index (χ0v) is 17.0. The van der Waals surface area contributed by atoms with Crippen molar-refractivity contribution in [2.24, 2.45) is 7.05 Å². The van der Waals surface area contributed by atoms with E-state index in [2.05, 4.69) is 37.9 Å². The third-order valence-electron chi connectivity index (χ3n) is 6.20. The van der Waals surface area contributed by atoms with E-state index in [1.54, 1.807) is 7.05 Å².